The third-order valence-electron chi connectivity index (χ3n) is 3.92. The fourth-order valence-electron chi connectivity index (χ4n) is 2.41. The number of hydrogen-bond acceptors (Lipinski definition) is 1. The Labute approximate surface area is 152 Å². The molecule has 0 aromatic heterocycles. The molecule has 0 spiro atoms. The molecule has 2 aromatic rings. The zero-order valence-electron chi connectivity index (χ0n) is 14.2. The van der Waals surface area contributed by atoms with E-state index >= 15 is 0 Å². The SMILES string of the molecule is Cc1cc(I)ccc1NC(=O)CCc1ccc(C(C)(C)C)cc1. The highest BCUT2D eigenvalue weighted by Gasteiger charge is 2.13. The Bertz CT molecular complexity index is 684. The van der Waals surface area contributed by atoms with Crippen LogP contribution in [0, 0.1) is 10.5 Å². The van der Waals surface area contributed by atoms with Gasteiger partial charge in [0.25, 0.3) is 0 Å². The smallest absolute Gasteiger partial charge is 0.224 e. The van der Waals surface area contributed by atoms with Crippen LogP contribution in [0.1, 0.15) is 43.9 Å². The van der Waals surface area contributed by atoms with E-state index in [4.69, 9.17) is 0 Å². The molecule has 0 fully saturated rings. The standard InChI is InChI=1S/C20H24INO/c1-14-13-17(21)10-11-18(14)22-19(23)12-7-15-5-8-16(9-6-15)20(2,3)4/h5-6,8-11,13H,7,12H2,1-4H3,(H,22,23). The van der Waals surface area contributed by atoms with Crippen LogP contribution in [-0.4, -0.2) is 5.91 Å². The van der Waals surface area contributed by atoms with E-state index in [2.05, 4.69) is 79.0 Å². The van der Waals surface area contributed by atoms with Gasteiger partial charge in [-0.05, 0) is 76.2 Å². The van der Waals surface area contributed by atoms with Crippen molar-refractivity contribution in [1.29, 1.82) is 0 Å². The van der Waals surface area contributed by atoms with Crippen LogP contribution < -0.4 is 5.32 Å². The highest BCUT2D eigenvalue weighted by molar-refractivity contribution is 14.1. The number of anilines is 1. The second-order valence-electron chi connectivity index (χ2n) is 6.95. The molecule has 0 aliphatic carbocycles. The predicted octanol–water partition coefficient (Wildman–Crippen LogP) is 5.47. The van der Waals surface area contributed by atoms with Crippen molar-refractivity contribution in [2.24, 2.45) is 0 Å². The van der Waals surface area contributed by atoms with Crippen LogP contribution in [0.15, 0.2) is 42.5 Å². The molecule has 1 amide bonds. The minimum absolute atomic E-state index is 0.0641. The third kappa shape index (κ3) is 5.34. The van der Waals surface area contributed by atoms with Crippen molar-refractivity contribution in [2.75, 3.05) is 5.32 Å². The average molecular weight is 421 g/mol. The van der Waals surface area contributed by atoms with Gasteiger partial charge < -0.3 is 5.32 Å². The molecule has 0 radical (unpaired) electrons. The van der Waals surface area contributed by atoms with E-state index in [0.717, 1.165) is 17.7 Å². The fourth-order valence-corrected chi connectivity index (χ4v) is 3.06. The molecular formula is C20H24INO. The maximum atomic E-state index is 12.1. The first-order chi connectivity index (χ1) is 10.8. The Kier molecular flexibility index (Phi) is 5.84. The first-order valence-corrected chi connectivity index (χ1v) is 8.99. The normalized spacial score (nSPS) is 11.3. The summed E-state index contributed by atoms with van der Waals surface area (Å²) < 4.78 is 1.18. The van der Waals surface area contributed by atoms with Crippen molar-refractivity contribution in [3.8, 4) is 0 Å². The van der Waals surface area contributed by atoms with Crippen molar-refractivity contribution >= 4 is 34.2 Å². The number of benzene rings is 2. The van der Waals surface area contributed by atoms with Gasteiger partial charge in [0.2, 0.25) is 5.91 Å². The molecule has 0 aliphatic rings. The van der Waals surface area contributed by atoms with Crippen molar-refractivity contribution in [3.05, 3.63) is 62.7 Å². The molecule has 23 heavy (non-hydrogen) atoms. The van der Waals surface area contributed by atoms with Gasteiger partial charge in [-0.1, -0.05) is 45.0 Å². The largest absolute Gasteiger partial charge is 0.326 e. The molecule has 0 unspecified atom stereocenters. The summed E-state index contributed by atoms with van der Waals surface area (Å²) in [4.78, 5) is 12.1. The minimum atomic E-state index is 0.0641. The van der Waals surface area contributed by atoms with Crippen molar-refractivity contribution < 1.29 is 4.79 Å². The molecule has 0 saturated carbocycles. The van der Waals surface area contributed by atoms with Gasteiger partial charge in [-0.2, -0.15) is 0 Å². The van der Waals surface area contributed by atoms with E-state index < -0.39 is 0 Å². The lowest BCUT2D eigenvalue weighted by Gasteiger charge is -2.19. The average Bonchev–Trinajstić information content (AvgIpc) is 2.47. The van der Waals surface area contributed by atoms with E-state index in [1.54, 1.807) is 0 Å². The van der Waals surface area contributed by atoms with Crippen LogP contribution in [0.4, 0.5) is 5.69 Å². The maximum absolute atomic E-state index is 12.1. The Balaban J connectivity index is 1.91. The number of rotatable bonds is 4. The number of carbonyl (C=O) groups is 1. The van der Waals surface area contributed by atoms with E-state index in [9.17, 15) is 4.79 Å². The van der Waals surface area contributed by atoms with Gasteiger partial charge in [-0.15, -0.1) is 0 Å². The van der Waals surface area contributed by atoms with Gasteiger partial charge >= 0.3 is 0 Å². The van der Waals surface area contributed by atoms with E-state index in [-0.39, 0.29) is 11.3 Å². The summed E-state index contributed by atoms with van der Waals surface area (Å²) in [6.45, 7) is 8.64. The second-order valence-corrected chi connectivity index (χ2v) is 8.20. The van der Waals surface area contributed by atoms with Gasteiger partial charge in [-0.25, -0.2) is 0 Å². The van der Waals surface area contributed by atoms with Crippen LogP contribution in [0.5, 0.6) is 0 Å². The molecule has 2 rings (SSSR count). The number of aryl methyl sites for hydroxylation is 2. The van der Waals surface area contributed by atoms with Crippen molar-refractivity contribution in [3.63, 3.8) is 0 Å². The third-order valence-corrected chi connectivity index (χ3v) is 4.59. The first-order valence-electron chi connectivity index (χ1n) is 7.91. The molecule has 2 nitrogen and oxygen atoms in total. The lowest BCUT2D eigenvalue weighted by Crippen LogP contribution is -2.13. The molecular weight excluding hydrogens is 397 g/mol. The number of nitrogens with one attached hydrogen (secondary N) is 1. The van der Waals surface area contributed by atoms with Crippen molar-refractivity contribution in [2.45, 2.75) is 46.0 Å². The highest BCUT2D eigenvalue weighted by Crippen LogP contribution is 2.22. The summed E-state index contributed by atoms with van der Waals surface area (Å²) in [5.41, 5.74) is 4.68. The zero-order valence-corrected chi connectivity index (χ0v) is 16.4. The molecule has 1 N–H and O–H groups in total. The molecule has 0 saturated heterocycles. The van der Waals surface area contributed by atoms with Crippen LogP contribution in [0.25, 0.3) is 0 Å². The Morgan fingerprint density at radius 3 is 2.30 bits per heavy atom. The molecule has 3 heteroatoms. The van der Waals surface area contributed by atoms with Gasteiger partial charge in [0.05, 0.1) is 0 Å². The number of carbonyl (C=O) groups excluding carboxylic acids is 1. The van der Waals surface area contributed by atoms with Crippen molar-refractivity contribution in [1.82, 2.24) is 0 Å². The van der Waals surface area contributed by atoms with E-state index in [0.29, 0.717) is 6.42 Å². The Morgan fingerprint density at radius 1 is 1.09 bits per heavy atom. The molecule has 0 atom stereocenters. The van der Waals surface area contributed by atoms with Crippen LogP contribution in [0.2, 0.25) is 0 Å². The lowest BCUT2D eigenvalue weighted by molar-refractivity contribution is -0.116. The Morgan fingerprint density at radius 2 is 1.74 bits per heavy atom. The Hall–Kier alpha value is -1.36. The van der Waals surface area contributed by atoms with Crippen LogP contribution >= 0.6 is 22.6 Å². The number of halogens is 1. The molecule has 122 valence electrons. The zero-order chi connectivity index (χ0) is 17.0. The number of hydrogen-bond donors (Lipinski definition) is 1. The summed E-state index contributed by atoms with van der Waals surface area (Å²) in [6.07, 6.45) is 1.26. The van der Waals surface area contributed by atoms with Gasteiger partial charge in [0.15, 0.2) is 0 Å². The molecule has 0 bridgehead atoms. The predicted molar refractivity (Wildman–Crippen MR) is 106 cm³/mol. The summed E-state index contributed by atoms with van der Waals surface area (Å²) in [5.74, 6) is 0.0641. The topological polar surface area (TPSA) is 29.1 Å². The van der Waals surface area contributed by atoms with E-state index in [1.165, 1.54) is 14.7 Å². The van der Waals surface area contributed by atoms with Gasteiger partial charge in [0, 0.05) is 15.7 Å². The van der Waals surface area contributed by atoms with Gasteiger partial charge in [-0.3, -0.25) is 4.79 Å². The first kappa shape index (κ1) is 18.0. The fraction of sp³-hybridized carbons (Fsp3) is 0.350. The van der Waals surface area contributed by atoms with E-state index in [1.807, 2.05) is 19.1 Å². The molecule has 0 aliphatic heterocycles. The minimum Gasteiger partial charge on any atom is -0.326 e. The highest BCUT2D eigenvalue weighted by atomic mass is 127. The molecule has 2 aromatic carbocycles. The maximum Gasteiger partial charge on any atom is 0.224 e. The van der Waals surface area contributed by atoms with Crippen LogP contribution in [-0.2, 0) is 16.6 Å². The summed E-state index contributed by atoms with van der Waals surface area (Å²) >= 11 is 2.28. The lowest BCUT2D eigenvalue weighted by atomic mass is 9.86. The van der Waals surface area contributed by atoms with Crippen LogP contribution in [0.3, 0.4) is 0 Å². The summed E-state index contributed by atoms with van der Waals surface area (Å²) in [7, 11) is 0. The second kappa shape index (κ2) is 7.47. The molecule has 0 heterocycles. The quantitative estimate of drug-likeness (QED) is 0.652. The summed E-state index contributed by atoms with van der Waals surface area (Å²) in [6, 6.07) is 14.6. The summed E-state index contributed by atoms with van der Waals surface area (Å²) in [5, 5.41) is 3.00. The number of amides is 1. The monoisotopic (exact) mass is 421 g/mol. The van der Waals surface area contributed by atoms with Gasteiger partial charge in [0.1, 0.15) is 0 Å².